The molecule has 2 aromatic rings. The number of benzene rings is 1. The van der Waals surface area contributed by atoms with E-state index < -0.39 is 5.97 Å². The molecule has 0 atom stereocenters. The molecule has 2 amide bonds. The van der Waals surface area contributed by atoms with E-state index in [9.17, 15) is 14.4 Å². The molecule has 1 aliphatic carbocycles. The normalized spacial score (nSPS) is 14.0. The van der Waals surface area contributed by atoms with Crippen LogP contribution in [0.2, 0.25) is 0 Å². The van der Waals surface area contributed by atoms with Crippen LogP contribution in [0.15, 0.2) is 24.3 Å². The summed E-state index contributed by atoms with van der Waals surface area (Å²) >= 11 is 1.09. The van der Waals surface area contributed by atoms with Gasteiger partial charge in [-0.05, 0) is 56.5 Å². The Balaban J connectivity index is 1.81. The minimum atomic E-state index is -0.576. The maximum Gasteiger partial charge on any atom is 0.341 e. The SMILES string of the molecule is CCOc1ccc(NC(=O)c2sc(NC(=O)C3CCCCC3)c(C(=O)OC)c2C)cc1. The van der Waals surface area contributed by atoms with Crippen molar-refractivity contribution in [1.82, 2.24) is 0 Å². The van der Waals surface area contributed by atoms with Gasteiger partial charge in [-0.2, -0.15) is 0 Å². The highest BCUT2D eigenvalue weighted by molar-refractivity contribution is 7.18. The number of rotatable bonds is 7. The van der Waals surface area contributed by atoms with Crippen LogP contribution in [-0.2, 0) is 9.53 Å². The van der Waals surface area contributed by atoms with Crippen LogP contribution in [0, 0.1) is 12.8 Å². The molecule has 1 aliphatic rings. The molecule has 1 fully saturated rings. The van der Waals surface area contributed by atoms with E-state index in [2.05, 4.69) is 10.6 Å². The molecule has 0 aliphatic heterocycles. The van der Waals surface area contributed by atoms with Crippen LogP contribution >= 0.6 is 11.3 Å². The molecule has 1 aromatic heterocycles. The summed E-state index contributed by atoms with van der Waals surface area (Å²) < 4.78 is 10.3. The van der Waals surface area contributed by atoms with E-state index in [0.29, 0.717) is 33.5 Å². The van der Waals surface area contributed by atoms with Gasteiger partial charge in [-0.25, -0.2) is 4.79 Å². The summed E-state index contributed by atoms with van der Waals surface area (Å²) in [4.78, 5) is 38.4. The van der Waals surface area contributed by atoms with E-state index >= 15 is 0 Å². The Morgan fingerprint density at radius 3 is 2.35 bits per heavy atom. The summed E-state index contributed by atoms with van der Waals surface area (Å²) in [6.07, 6.45) is 4.89. The Hall–Kier alpha value is -2.87. The molecular formula is C23H28N2O5S. The molecule has 1 aromatic carbocycles. The molecule has 31 heavy (non-hydrogen) atoms. The summed E-state index contributed by atoms with van der Waals surface area (Å²) in [5.74, 6) is -0.386. The summed E-state index contributed by atoms with van der Waals surface area (Å²) in [7, 11) is 1.28. The molecule has 1 saturated carbocycles. The molecule has 8 heteroatoms. The van der Waals surface area contributed by atoms with Crippen LogP contribution in [0.4, 0.5) is 10.7 Å². The van der Waals surface area contributed by atoms with Gasteiger partial charge in [0.05, 0.1) is 24.2 Å². The molecule has 3 rings (SSSR count). The van der Waals surface area contributed by atoms with Crippen molar-refractivity contribution in [2.75, 3.05) is 24.4 Å². The van der Waals surface area contributed by atoms with Gasteiger partial charge in [0.25, 0.3) is 5.91 Å². The van der Waals surface area contributed by atoms with E-state index in [1.807, 2.05) is 6.92 Å². The smallest absolute Gasteiger partial charge is 0.341 e. The Morgan fingerprint density at radius 1 is 1.06 bits per heavy atom. The van der Waals surface area contributed by atoms with E-state index in [4.69, 9.17) is 9.47 Å². The molecule has 0 radical (unpaired) electrons. The summed E-state index contributed by atoms with van der Waals surface area (Å²) in [5.41, 5.74) is 1.32. The lowest BCUT2D eigenvalue weighted by molar-refractivity contribution is -0.120. The summed E-state index contributed by atoms with van der Waals surface area (Å²) in [6.45, 7) is 4.15. The van der Waals surface area contributed by atoms with Crippen LogP contribution in [0.5, 0.6) is 5.75 Å². The van der Waals surface area contributed by atoms with Crippen LogP contribution in [0.3, 0.4) is 0 Å². The number of thiophene rings is 1. The minimum Gasteiger partial charge on any atom is -0.494 e. The maximum absolute atomic E-state index is 12.9. The molecule has 0 unspecified atom stereocenters. The number of esters is 1. The third kappa shape index (κ3) is 5.44. The zero-order chi connectivity index (χ0) is 22.4. The van der Waals surface area contributed by atoms with Gasteiger partial charge in [-0.15, -0.1) is 11.3 Å². The number of hydrogen-bond donors (Lipinski definition) is 2. The fraction of sp³-hybridized carbons (Fsp3) is 0.435. The largest absolute Gasteiger partial charge is 0.494 e. The average Bonchev–Trinajstić information content (AvgIpc) is 3.11. The van der Waals surface area contributed by atoms with Gasteiger partial charge >= 0.3 is 5.97 Å². The van der Waals surface area contributed by atoms with Gasteiger partial charge in [0.2, 0.25) is 5.91 Å². The first-order valence-corrected chi connectivity index (χ1v) is 11.3. The highest BCUT2D eigenvalue weighted by atomic mass is 32.1. The lowest BCUT2D eigenvalue weighted by Crippen LogP contribution is -2.25. The number of carbonyl (C=O) groups is 3. The predicted octanol–water partition coefficient (Wildman–Crippen LogP) is 5.01. The third-order valence-corrected chi connectivity index (χ3v) is 6.58. The van der Waals surface area contributed by atoms with Crippen LogP contribution < -0.4 is 15.4 Å². The molecule has 7 nitrogen and oxygen atoms in total. The number of anilines is 2. The van der Waals surface area contributed by atoms with Crippen molar-refractivity contribution in [1.29, 1.82) is 0 Å². The van der Waals surface area contributed by atoms with E-state index in [-0.39, 0.29) is 23.3 Å². The Bertz CT molecular complexity index is 946. The molecule has 0 saturated heterocycles. The molecule has 2 N–H and O–H groups in total. The van der Waals surface area contributed by atoms with Gasteiger partial charge in [-0.1, -0.05) is 19.3 Å². The van der Waals surface area contributed by atoms with Gasteiger partial charge in [-0.3, -0.25) is 9.59 Å². The number of nitrogens with one attached hydrogen (secondary N) is 2. The number of ether oxygens (including phenoxy) is 2. The monoisotopic (exact) mass is 444 g/mol. The summed E-state index contributed by atoms with van der Waals surface area (Å²) in [6, 6.07) is 7.05. The standard InChI is InChI=1S/C23H28N2O5S/c1-4-30-17-12-10-16(11-13-17)24-21(27)19-14(2)18(23(28)29-3)22(31-19)25-20(26)15-8-6-5-7-9-15/h10-13,15H,4-9H2,1-3H3,(H,24,27)(H,25,26). The maximum atomic E-state index is 12.9. The van der Waals surface area contributed by atoms with Crippen molar-refractivity contribution in [2.45, 2.75) is 46.0 Å². The Morgan fingerprint density at radius 2 is 1.74 bits per heavy atom. The second kappa shape index (κ2) is 10.4. The number of hydrogen-bond acceptors (Lipinski definition) is 6. The zero-order valence-corrected chi connectivity index (χ0v) is 18.9. The Kier molecular flexibility index (Phi) is 7.68. The lowest BCUT2D eigenvalue weighted by Gasteiger charge is -2.20. The second-order valence-corrected chi connectivity index (χ2v) is 8.51. The van der Waals surface area contributed by atoms with E-state index in [1.165, 1.54) is 7.11 Å². The zero-order valence-electron chi connectivity index (χ0n) is 18.1. The highest BCUT2D eigenvalue weighted by Gasteiger charge is 2.28. The predicted molar refractivity (Wildman–Crippen MR) is 121 cm³/mol. The van der Waals surface area contributed by atoms with Gasteiger partial charge in [0.1, 0.15) is 10.8 Å². The molecule has 1 heterocycles. The van der Waals surface area contributed by atoms with E-state index in [1.54, 1.807) is 31.2 Å². The first kappa shape index (κ1) is 22.8. The first-order chi connectivity index (χ1) is 14.9. The van der Waals surface area contributed by atoms with Crippen molar-refractivity contribution in [3.63, 3.8) is 0 Å². The van der Waals surface area contributed by atoms with Crippen LogP contribution in [-0.4, -0.2) is 31.5 Å². The second-order valence-electron chi connectivity index (χ2n) is 7.49. The highest BCUT2D eigenvalue weighted by Crippen LogP contribution is 2.35. The van der Waals surface area contributed by atoms with Crippen LogP contribution in [0.25, 0.3) is 0 Å². The van der Waals surface area contributed by atoms with Gasteiger partial charge in [0, 0.05) is 11.6 Å². The summed E-state index contributed by atoms with van der Waals surface area (Å²) in [5, 5.41) is 6.07. The molecular weight excluding hydrogens is 416 g/mol. The van der Waals surface area contributed by atoms with Crippen molar-refractivity contribution in [2.24, 2.45) is 5.92 Å². The van der Waals surface area contributed by atoms with E-state index in [0.717, 1.165) is 43.4 Å². The minimum absolute atomic E-state index is 0.0669. The van der Waals surface area contributed by atoms with Crippen molar-refractivity contribution in [3.8, 4) is 5.75 Å². The fourth-order valence-electron chi connectivity index (χ4n) is 3.73. The Labute approximate surface area is 186 Å². The van der Waals surface area contributed by atoms with Crippen LogP contribution in [0.1, 0.15) is 64.6 Å². The lowest BCUT2D eigenvalue weighted by atomic mass is 9.89. The molecule has 166 valence electrons. The topological polar surface area (TPSA) is 93.7 Å². The third-order valence-electron chi connectivity index (χ3n) is 5.38. The van der Waals surface area contributed by atoms with Crippen molar-refractivity contribution >= 4 is 39.8 Å². The first-order valence-electron chi connectivity index (χ1n) is 10.5. The van der Waals surface area contributed by atoms with Gasteiger partial charge < -0.3 is 20.1 Å². The average molecular weight is 445 g/mol. The number of carbonyl (C=O) groups excluding carboxylic acids is 3. The molecule has 0 bridgehead atoms. The van der Waals surface area contributed by atoms with Crippen molar-refractivity contribution < 1.29 is 23.9 Å². The number of amides is 2. The fourth-order valence-corrected chi connectivity index (χ4v) is 4.83. The number of methoxy groups -OCH3 is 1. The molecule has 0 spiro atoms. The quantitative estimate of drug-likeness (QED) is 0.585. The van der Waals surface area contributed by atoms with Gasteiger partial charge in [0.15, 0.2) is 0 Å². The van der Waals surface area contributed by atoms with Crippen molar-refractivity contribution in [3.05, 3.63) is 40.3 Å².